The molecule has 4 rings (SSSR count). The van der Waals surface area contributed by atoms with E-state index in [1.807, 2.05) is 55.6 Å². The summed E-state index contributed by atoms with van der Waals surface area (Å²) in [4.78, 5) is 0.314. The number of rotatable bonds is 4. The number of thiophene rings is 1. The third-order valence-electron chi connectivity index (χ3n) is 4.71. The van der Waals surface area contributed by atoms with Gasteiger partial charge in [0.25, 0.3) is 10.0 Å². The van der Waals surface area contributed by atoms with Crippen LogP contribution in [0.1, 0.15) is 22.4 Å². The molecular weight excluding hydrogens is 362 g/mol. The summed E-state index contributed by atoms with van der Waals surface area (Å²) in [5.41, 5.74) is 4.81. The van der Waals surface area contributed by atoms with Gasteiger partial charge in [0, 0.05) is 17.5 Å². The minimum absolute atomic E-state index is 0.314. The fraction of sp³-hybridized carbons (Fsp3) is 0.143. The van der Waals surface area contributed by atoms with Crippen molar-refractivity contribution in [3.05, 3.63) is 87.7 Å². The molecule has 26 heavy (non-hydrogen) atoms. The van der Waals surface area contributed by atoms with Gasteiger partial charge < -0.3 is 0 Å². The van der Waals surface area contributed by atoms with Crippen LogP contribution in [0.15, 0.2) is 70.3 Å². The van der Waals surface area contributed by atoms with Crippen molar-refractivity contribution in [2.75, 3.05) is 0 Å². The largest absolute Gasteiger partial charge is 0.268 e. The smallest absolute Gasteiger partial charge is 0.238 e. The van der Waals surface area contributed by atoms with Crippen LogP contribution >= 0.6 is 11.3 Å². The highest BCUT2D eigenvalue weighted by Crippen LogP contribution is 2.31. The summed E-state index contributed by atoms with van der Waals surface area (Å²) in [6.45, 7) is 3.85. The van der Waals surface area contributed by atoms with E-state index in [4.69, 9.17) is 0 Å². The van der Waals surface area contributed by atoms with E-state index < -0.39 is 10.0 Å². The van der Waals surface area contributed by atoms with Gasteiger partial charge in [-0.15, -0.1) is 0 Å². The maximum atomic E-state index is 13.4. The maximum absolute atomic E-state index is 13.4. The minimum Gasteiger partial charge on any atom is -0.238 e. The van der Waals surface area contributed by atoms with Crippen molar-refractivity contribution in [1.29, 1.82) is 0 Å². The standard InChI is InChI=1S/C21H19NO2S2/c1-15-7-9-18(10-8-15)26(23,24)22-16(2)20(13-17-11-12-25-14-17)19-5-3-4-6-21(19)22/h3-12,14H,13H2,1-2H3. The number of fused-ring (bicyclic) bond motifs is 1. The van der Waals surface area contributed by atoms with Crippen LogP contribution in [0, 0.1) is 13.8 Å². The first kappa shape index (κ1) is 17.1. The highest BCUT2D eigenvalue weighted by molar-refractivity contribution is 7.90. The molecular formula is C21H19NO2S2. The van der Waals surface area contributed by atoms with Crippen LogP contribution in [0.2, 0.25) is 0 Å². The van der Waals surface area contributed by atoms with Crippen LogP contribution in [0.4, 0.5) is 0 Å². The molecule has 0 amide bonds. The maximum Gasteiger partial charge on any atom is 0.268 e. The number of hydrogen-bond acceptors (Lipinski definition) is 3. The second-order valence-corrected chi connectivity index (χ2v) is 9.04. The quantitative estimate of drug-likeness (QED) is 0.490. The Hall–Kier alpha value is -2.37. The highest BCUT2D eigenvalue weighted by atomic mass is 32.2. The number of benzene rings is 2. The van der Waals surface area contributed by atoms with Crippen LogP contribution < -0.4 is 0 Å². The van der Waals surface area contributed by atoms with Gasteiger partial charge in [-0.2, -0.15) is 11.3 Å². The van der Waals surface area contributed by atoms with Gasteiger partial charge >= 0.3 is 0 Å². The number of hydrogen-bond donors (Lipinski definition) is 0. The average molecular weight is 382 g/mol. The molecule has 0 N–H and O–H groups in total. The van der Waals surface area contributed by atoms with Crippen LogP contribution in [0.3, 0.4) is 0 Å². The summed E-state index contributed by atoms with van der Waals surface area (Å²) in [5, 5.41) is 5.15. The second kappa shape index (κ2) is 6.41. The van der Waals surface area contributed by atoms with Crippen molar-refractivity contribution in [1.82, 2.24) is 3.97 Å². The van der Waals surface area contributed by atoms with E-state index in [2.05, 4.69) is 11.4 Å². The molecule has 0 aliphatic rings. The molecule has 2 heterocycles. The SMILES string of the molecule is Cc1ccc(S(=O)(=O)n2c(C)c(Cc3ccsc3)c3ccccc32)cc1. The zero-order chi connectivity index (χ0) is 18.3. The number of aromatic nitrogens is 1. The van der Waals surface area contributed by atoms with Gasteiger partial charge in [-0.1, -0.05) is 35.9 Å². The fourth-order valence-electron chi connectivity index (χ4n) is 3.35. The van der Waals surface area contributed by atoms with Crippen molar-refractivity contribution in [2.45, 2.75) is 25.2 Å². The van der Waals surface area contributed by atoms with E-state index in [0.717, 1.165) is 34.1 Å². The molecule has 0 fully saturated rings. The topological polar surface area (TPSA) is 39.1 Å². The van der Waals surface area contributed by atoms with E-state index in [1.165, 1.54) is 9.54 Å². The van der Waals surface area contributed by atoms with Crippen LogP contribution in [0.25, 0.3) is 10.9 Å². The fourth-order valence-corrected chi connectivity index (χ4v) is 5.60. The molecule has 4 aromatic rings. The monoisotopic (exact) mass is 381 g/mol. The van der Waals surface area contributed by atoms with Gasteiger partial charge in [0.2, 0.25) is 0 Å². The van der Waals surface area contributed by atoms with Gasteiger partial charge in [-0.3, -0.25) is 0 Å². The second-order valence-electron chi connectivity index (χ2n) is 6.47. The Morgan fingerprint density at radius 2 is 1.69 bits per heavy atom. The lowest BCUT2D eigenvalue weighted by Crippen LogP contribution is -2.14. The first-order valence-corrected chi connectivity index (χ1v) is 10.8. The molecule has 0 bridgehead atoms. The van der Waals surface area contributed by atoms with E-state index in [1.54, 1.807) is 23.5 Å². The molecule has 0 radical (unpaired) electrons. The molecule has 0 saturated heterocycles. The molecule has 132 valence electrons. The number of aryl methyl sites for hydroxylation is 1. The van der Waals surface area contributed by atoms with E-state index in [9.17, 15) is 8.42 Å². The van der Waals surface area contributed by atoms with Gasteiger partial charge in [-0.25, -0.2) is 12.4 Å². The molecule has 2 aromatic carbocycles. The summed E-state index contributed by atoms with van der Waals surface area (Å²) >= 11 is 1.66. The van der Waals surface area contributed by atoms with Gasteiger partial charge in [0.05, 0.1) is 10.4 Å². The van der Waals surface area contributed by atoms with Crippen molar-refractivity contribution in [3.63, 3.8) is 0 Å². The number of nitrogens with zero attached hydrogens (tertiary/aromatic N) is 1. The lowest BCUT2D eigenvalue weighted by molar-refractivity contribution is 0.588. The van der Waals surface area contributed by atoms with Crippen molar-refractivity contribution in [2.24, 2.45) is 0 Å². The van der Waals surface area contributed by atoms with Crippen LogP contribution in [-0.4, -0.2) is 12.4 Å². The molecule has 0 saturated carbocycles. The number of para-hydroxylation sites is 1. The highest BCUT2D eigenvalue weighted by Gasteiger charge is 2.24. The Bertz CT molecular complexity index is 1170. The molecule has 0 unspecified atom stereocenters. The molecule has 3 nitrogen and oxygen atoms in total. The Balaban J connectivity index is 1.95. The molecule has 2 aromatic heterocycles. The van der Waals surface area contributed by atoms with E-state index in [-0.39, 0.29) is 0 Å². The van der Waals surface area contributed by atoms with Gasteiger partial charge in [0.15, 0.2) is 0 Å². The van der Waals surface area contributed by atoms with E-state index >= 15 is 0 Å². The lowest BCUT2D eigenvalue weighted by Gasteiger charge is -2.11. The molecule has 0 aliphatic heterocycles. The normalized spacial score (nSPS) is 11.9. The lowest BCUT2D eigenvalue weighted by atomic mass is 10.0. The predicted molar refractivity (Wildman–Crippen MR) is 108 cm³/mol. The Labute approximate surface area is 157 Å². The summed E-state index contributed by atoms with van der Waals surface area (Å²) in [6, 6.07) is 16.8. The Morgan fingerprint density at radius 3 is 2.38 bits per heavy atom. The third-order valence-corrected chi connectivity index (χ3v) is 7.26. The Kier molecular flexibility index (Phi) is 4.21. The van der Waals surface area contributed by atoms with Crippen LogP contribution in [0.5, 0.6) is 0 Å². The molecule has 0 spiro atoms. The van der Waals surface area contributed by atoms with E-state index in [0.29, 0.717) is 4.90 Å². The van der Waals surface area contributed by atoms with Crippen molar-refractivity contribution >= 4 is 32.3 Å². The zero-order valence-electron chi connectivity index (χ0n) is 14.6. The summed E-state index contributed by atoms with van der Waals surface area (Å²) in [7, 11) is -3.65. The third kappa shape index (κ3) is 2.77. The first-order chi connectivity index (χ1) is 12.5. The van der Waals surface area contributed by atoms with Gasteiger partial charge in [-0.05, 0) is 60.0 Å². The van der Waals surface area contributed by atoms with Gasteiger partial charge in [0.1, 0.15) is 0 Å². The average Bonchev–Trinajstić information content (AvgIpc) is 3.23. The zero-order valence-corrected chi connectivity index (χ0v) is 16.3. The van der Waals surface area contributed by atoms with Crippen molar-refractivity contribution in [3.8, 4) is 0 Å². The Morgan fingerprint density at radius 1 is 0.962 bits per heavy atom. The molecule has 0 aliphatic carbocycles. The first-order valence-electron chi connectivity index (χ1n) is 8.41. The summed E-state index contributed by atoms with van der Waals surface area (Å²) < 4.78 is 28.2. The summed E-state index contributed by atoms with van der Waals surface area (Å²) in [5.74, 6) is 0. The van der Waals surface area contributed by atoms with Crippen molar-refractivity contribution < 1.29 is 8.42 Å². The molecule has 0 atom stereocenters. The predicted octanol–water partition coefficient (Wildman–Crippen LogP) is 5.15. The summed E-state index contributed by atoms with van der Waals surface area (Å²) in [6.07, 6.45) is 0.728. The van der Waals surface area contributed by atoms with Crippen LogP contribution in [-0.2, 0) is 16.4 Å². The molecule has 5 heteroatoms. The minimum atomic E-state index is -3.65.